The molecule has 0 radical (unpaired) electrons. The number of fused-ring (bicyclic) bond motifs is 5. The van der Waals surface area contributed by atoms with Crippen LogP contribution in [-0.4, -0.2) is 22.9 Å². The van der Waals surface area contributed by atoms with Gasteiger partial charge >= 0.3 is 5.97 Å². The second-order valence-electron chi connectivity index (χ2n) is 6.81. The summed E-state index contributed by atoms with van der Waals surface area (Å²) in [6.07, 6.45) is 4.10. The van der Waals surface area contributed by atoms with Crippen molar-refractivity contribution in [1.82, 2.24) is 0 Å². The van der Waals surface area contributed by atoms with E-state index in [1.54, 1.807) is 0 Å². The van der Waals surface area contributed by atoms with E-state index in [0.29, 0.717) is 5.69 Å². The minimum atomic E-state index is -1.03. The molecule has 1 saturated carbocycles. The second-order valence-corrected chi connectivity index (χ2v) is 6.81. The molecular weight excluding hydrogens is 306 g/mol. The number of hydrogen-bond acceptors (Lipinski definition) is 3. The first-order chi connectivity index (χ1) is 11.4. The fourth-order valence-electron chi connectivity index (χ4n) is 4.44. The number of imide groups is 1. The lowest BCUT2D eigenvalue weighted by Crippen LogP contribution is -2.33. The van der Waals surface area contributed by atoms with Gasteiger partial charge in [-0.05, 0) is 38.1 Å². The maximum absolute atomic E-state index is 12.9. The van der Waals surface area contributed by atoms with Crippen LogP contribution in [-0.2, 0) is 9.59 Å². The van der Waals surface area contributed by atoms with Crippen LogP contribution in [0.15, 0.2) is 47.6 Å². The average Bonchev–Trinajstić information content (AvgIpc) is 3.18. The zero-order chi connectivity index (χ0) is 17.2. The Morgan fingerprint density at radius 2 is 1.46 bits per heavy atom. The van der Waals surface area contributed by atoms with E-state index in [1.165, 1.54) is 40.3 Å². The molecule has 1 aliphatic heterocycles. The van der Waals surface area contributed by atoms with Gasteiger partial charge in [-0.15, -0.1) is 0 Å². The first-order valence-electron chi connectivity index (χ1n) is 7.98. The van der Waals surface area contributed by atoms with E-state index >= 15 is 0 Å². The van der Waals surface area contributed by atoms with Gasteiger partial charge in [-0.1, -0.05) is 23.3 Å². The maximum atomic E-state index is 12.9. The third-order valence-corrected chi connectivity index (χ3v) is 5.37. The van der Waals surface area contributed by atoms with Crippen molar-refractivity contribution in [3.8, 4) is 0 Å². The van der Waals surface area contributed by atoms with Crippen LogP contribution in [0.4, 0.5) is 5.69 Å². The third-order valence-electron chi connectivity index (χ3n) is 5.37. The van der Waals surface area contributed by atoms with Gasteiger partial charge in [-0.25, -0.2) is 9.69 Å². The molecule has 2 aliphatic carbocycles. The molecule has 4 rings (SSSR count). The fourth-order valence-corrected chi connectivity index (χ4v) is 4.44. The number of carboxylic acids is 1. The molecule has 1 aromatic carbocycles. The number of allylic oxidation sites excluding steroid dienone is 4. The monoisotopic (exact) mass is 323 g/mol. The summed E-state index contributed by atoms with van der Waals surface area (Å²) in [6, 6.07) is 5.89. The Balaban J connectivity index is 1.71. The van der Waals surface area contributed by atoms with Crippen molar-refractivity contribution >= 4 is 23.5 Å². The van der Waals surface area contributed by atoms with E-state index in [1.807, 2.05) is 13.8 Å². The Morgan fingerprint density at radius 3 is 1.88 bits per heavy atom. The number of benzene rings is 1. The van der Waals surface area contributed by atoms with Crippen molar-refractivity contribution in [1.29, 1.82) is 0 Å². The van der Waals surface area contributed by atoms with Crippen molar-refractivity contribution in [3.63, 3.8) is 0 Å². The van der Waals surface area contributed by atoms with Gasteiger partial charge in [0, 0.05) is 11.8 Å². The molecule has 1 saturated heterocycles. The maximum Gasteiger partial charge on any atom is 0.335 e. The quantitative estimate of drug-likeness (QED) is 0.670. The Labute approximate surface area is 139 Å². The summed E-state index contributed by atoms with van der Waals surface area (Å²) in [5.41, 5.74) is 2.98. The number of nitrogens with zero attached hydrogens (tertiary/aromatic N) is 1. The Hall–Kier alpha value is -2.69. The number of rotatable bonds is 2. The first-order valence-corrected chi connectivity index (χ1v) is 7.98. The van der Waals surface area contributed by atoms with Crippen molar-refractivity contribution in [2.45, 2.75) is 13.8 Å². The van der Waals surface area contributed by atoms with Crippen LogP contribution in [0.5, 0.6) is 0 Å². The number of amides is 2. The zero-order valence-corrected chi connectivity index (χ0v) is 13.4. The molecule has 4 atom stereocenters. The Morgan fingerprint density at radius 1 is 0.958 bits per heavy atom. The minimum absolute atomic E-state index is 0.0183. The van der Waals surface area contributed by atoms with E-state index in [-0.39, 0.29) is 41.0 Å². The number of aromatic carboxylic acids is 1. The Kier molecular flexibility index (Phi) is 3.04. The molecule has 0 unspecified atom stereocenters. The van der Waals surface area contributed by atoms with Crippen molar-refractivity contribution in [2.24, 2.45) is 23.7 Å². The largest absolute Gasteiger partial charge is 0.478 e. The highest BCUT2D eigenvalue weighted by atomic mass is 16.4. The molecule has 1 N–H and O–H groups in total. The van der Waals surface area contributed by atoms with Gasteiger partial charge in [0.1, 0.15) is 0 Å². The standard InChI is InChI=1S/C19H17NO4/c1-9(2)14-12-7-8-13(14)16-15(12)17(21)20(18(16)22)11-5-3-10(4-6-11)19(23)24/h3-8,12-13,15-16H,1-2H3,(H,23,24)/t12-,13+,15-,16-/m1/s1. The highest BCUT2D eigenvalue weighted by Gasteiger charge is 2.61. The highest BCUT2D eigenvalue weighted by molar-refractivity contribution is 6.23. The molecule has 24 heavy (non-hydrogen) atoms. The lowest BCUT2D eigenvalue weighted by atomic mass is 9.85. The summed E-state index contributed by atoms with van der Waals surface area (Å²) in [4.78, 5) is 38.0. The molecule has 2 bridgehead atoms. The lowest BCUT2D eigenvalue weighted by molar-refractivity contribution is -0.122. The van der Waals surface area contributed by atoms with Crippen LogP contribution in [0.1, 0.15) is 24.2 Å². The molecule has 2 amide bonds. The van der Waals surface area contributed by atoms with Crippen molar-refractivity contribution in [2.75, 3.05) is 4.90 Å². The molecule has 122 valence electrons. The molecule has 2 fully saturated rings. The molecular formula is C19H17NO4. The smallest absolute Gasteiger partial charge is 0.335 e. The normalized spacial score (nSPS) is 30.2. The van der Waals surface area contributed by atoms with Crippen molar-refractivity contribution in [3.05, 3.63) is 53.1 Å². The zero-order valence-electron chi connectivity index (χ0n) is 13.4. The fraction of sp³-hybridized carbons (Fsp3) is 0.316. The summed E-state index contributed by atoms with van der Waals surface area (Å²) in [5, 5.41) is 8.97. The van der Waals surface area contributed by atoms with Gasteiger partial charge in [0.2, 0.25) is 11.8 Å². The van der Waals surface area contributed by atoms with E-state index in [9.17, 15) is 14.4 Å². The van der Waals surface area contributed by atoms with Crippen LogP contribution >= 0.6 is 0 Å². The highest BCUT2D eigenvalue weighted by Crippen LogP contribution is 2.57. The van der Waals surface area contributed by atoms with E-state index < -0.39 is 5.97 Å². The van der Waals surface area contributed by atoms with E-state index in [4.69, 9.17) is 5.11 Å². The third kappa shape index (κ3) is 1.78. The van der Waals surface area contributed by atoms with Gasteiger partial charge in [0.05, 0.1) is 23.1 Å². The summed E-state index contributed by atoms with van der Waals surface area (Å²) in [5.74, 6) is -2.00. The molecule has 0 aromatic heterocycles. The summed E-state index contributed by atoms with van der Waals surface area (Å²) >= 11 is 0. The lowest BCUT2D eigenvalue weighted by Gasteiger charge is -2.19. The van der Waals surface area contributed by atoms with Crippen LogP contribution in [0.2, 0.25) is 0 Å². The van der Waals surface area contributed by atoms with Crippen LogP contribution in [0.25, 0.3) is 0 Å². The molecule has 5 heteroatoms. The van der Waals surface area contributed by atoms with Crippen molar-refractivity contribution < 1.29 is 19.5 Å². The van der Waals surface area contributed by atoms with Gasteiger partial charge < -0.3 is 5.11 Å². The predicted octanol–water partition coefficient (Wildman–Crippen LogP) is 2.64. The minimum Gasteiger partial charge on any atom is -0.478 e. The first kappa shape index (κ1) is 14.9. The number of hydrogen-bond donors (Lipinski definition) is 1. The molecule has 1 aromatic rings. The SMILES string of the molecule is CC(C)=C1[C@H]2C=C[C@@H]1[C@H]1C(=O)N(c3ccc(C(=O)O)cc3)C(=O)[C@@H]12. The number of carbonyl (C=O) groups is 3. The molecule has 1 heterocycles. The van der Waals surface area contributed by atoms with E-state index in [0.717, 1.165) is 0 Å². The summed E-state index contributed by atoms with van der Waals surface area (Å²) in [7, 11) is 0. The van der Waals surface area contributed by atoms with Crippen LogP contribution in [0.3, 0.4) is 0 Å². The van der Waals surface area contributed by atoms with Gasteiger partial charge in [-0.3, -0.25) is 9.59 Å². The molecule has 3 aliphatic rings. The predicted molar refractivity (Wildman–Crippen MR) is 87.4 cm³/mol. The number of carbonyl (C=O) groups excluding carboxylic acids is 2. The van der Waals surface area contributed by atoms with Gasteiger partial charge in [0.15, 0.2) is 0 Å². The number of carboxylic acid groups (broad SMARTS) is 1. The Bertz CT molecular complexity index is 795. The average molecular weight is 323 g/mol. The van der Waals surface area contributed by atoms with Crippen LogP contribution in [0, 0.1) is 23.7 Å². The second kappa shape index (κ2) is 4.90. The van der Waals surface area contributed by atoms with Crippen LogP contribution < -0.4 is 4.90 Å². The van der Waals surface area contributed by atoms with E-state index in [2.05, 4.69) is 12.2 Å². The molecule has 0 spiro atoms. The van der Waals surface area contributed by atoms with Gasteiger partial charge in [-0.2, -0.15) is 0 Å². The topological polar surface area (TPSA) is 74.7 Å². The summed E-state index contributed by atoms with van der Waals surface area (Å²) < 4.78 is 0. The van der Waals surface area contributed by atoms with Gasteiger partial charge in [0.25, 0.3) is 0 Å². The number of anilines is 1. The molecule has 5 nitrogen and oxygen atoms in total. The summed E-state index contributed by atoms with van der Waals surface area (Å²) in [6.45, 7) is 4.06.